The van der Waals surface area contributed by atoms with Gasteiger partial charge in [-0.05, 0) is 60.6 Å². The van der Waals surface area contributed by atoms with E-state index >= 15 is 0 Å². The highest BCUT2D eigenvalue weighted by Gasteiger charge is 2.26. The SMILES string of the molecule is CC(=O)Nc1cccc(C(=O)N[C@@H]2CCCc3c2cnn3-c2ccc(C(C)(C)C)cc2)c1. The first-order valence-corrected chi connectivity index (χ1v) is 11.1. The zero-order chi connectivity index (χ0) is 22.9. The summed E-state index contributed by atoms with van der Waals surface area (Å²) in [7, 11) is 0. The van der Waals surface area contributed by atoms with E-state index in [0.29, 0.717) is 11.3 Å². The second kappa shape index (κ2) is 8.61. The third-order valence-electron chi connectivity index (χ3n) is 5.91. The average Bonchev–Trinajstić information content (AvgIpc) is 3.18. The predicted octanol–water partition coefficient (Wildman–Crippen LogP) is 4.94. The lowest BCUT2D eigenvalue weighted by Crippen LogP contribution is -2.31. The minimum Gasteiger partial charge on any atom is -0.345 e. The van der Waals surface area contributed by atoms with Crippen molar-refractivity contribution in [2.45, 2.75) is 58.4 Å². The highest BCUT2D eigenvalue weighted by Crippen LogP contribution is 2.32. The molecule has 2 N–H and O–H groups in total. The van der Waals surface area contributed by atoms with Gasteiger partial charge in [0.25, 0.3) is 5.91 Å². The molecule has 0 radical (unpaired) electrons. The van der Waals surface area contributed by atoms with E-state index in [9.17, 15) is 9.59 Å². The molecule has 6 heteroatoms. The smallest absolute Gasteiger partial charge is 0.251 e. The number of carbonyl (C=O) groups is 2. The van der Waals surface area contributed by atoms with Crippen molar-refractivity contribution in [3.63, 3.8) is 0 Å². The molecule has 32 heavy (non-hydrogen) atoms. The number of amides is 2. The molecule has 2 amide bonds. The predicted molar refractivity (Wildman–Crippen MR) is 126 cm³/mol. The van der Waals surface area contributed by atoms with E-state index in [0.717, 1.165) is 36.2 Å². The van der Waals surface area contributed by atoms with Gasteiger partial charge in [-0.2, -0.15) is 5.10 Å². The van der Waals surface area contributed by atoms with Gasteiger partial charge < -0.3 is 10.6 Å². The van der Waals surface area contributed by atoms with Gasteiger partial charge in [0.15, 0.2) is 0 Å². The third kappa shape index (κ3) is 4.59. The van der Waals surface area contributed by atoms with Crippen molar-refractivity contribution >= 4 is 17.5 Å². The Bertz CT molecular complexity index is 1140. The molecule has 1 aliphatic carbocycles. The monoisotopic (exact) mass is 430 g/mol. The zero-order valence-electron chi connectivity index (χ0n) is 19.1. The van der Waals surface area contributed by atoms with Gasteiger partial charge in [-0.15, -0.1) is 0 Å². The molecule has 0 fully saturated rings. The zero-order valence-corrected chi connectivity index (χ0v) is 19.1. The lowest BCUT2D eigenvalue weighted by atomic mass is 9.87. The van der Waals surface area contributed by atoms with Crippen LogP contribution < -0.4 is 10.6 Å². The summed E-state index contributed by atoms with van der Waals surface area (Å²) in [5, 5.41) is 10.5. The van der Waals surface area contributed by atoms with Gasteiger partial charge in [0, 0.05) is 29.4 Å². The number of fused-ring (bicyclic) bond motifs is 1. The summed E-state index contributed by atoms with van der Waals surface area (Å²) in [4.78, 5) is 24.2. The van der Waals surface area contributed by atoms with Crippen LogP contribution in [0.5, 0.6) is 0 Å². The normalized spacial score (nSPS) is 15.7. The van der Waals surface area contributed by atoms with Gasteiger partial charge in [-0.3, -0.25) is 9.59 Å². The van der Waals surface area contributed by atoms with Gasteiger partial charge in [-0.25, -0.2) is 4.68 Å². The number of hydrogen-bond acceptors (Lipinski definition) is 3. The average molecular weight is 431 g/mol. The summed E-state index contributed by atoms with van der Waals surface area (Å²) < 4.78 is 2.00. The van der Waals surface area contributed by atoms with Gasteiger partial charge in [0.2, 0.25) is 5.91 Å². The van der Waals surface area contributed by atoms with Crippen molar-refractivity contribution < 1.29 is 9.59 Å². The molecule has 1 aromatic heterocycles. The topological polar surface area (TPSA) is 76.0 Å². The summed E-state index contributed by atoms with van der Waals surface area (Å²) in [5.41, 5.74) is 5.78. The molecule has 1 aliphatic rings. The van der Waals surface area contributed by atoms with Crippen LogP contribution >= 0.6 is 0 Å². The molecule has 0 saturated heterocycles. The standard InChI is InChI=1S/C26H30N4O2/c1-17(31)28-20-8-5-7-18(15-20)25(32)29-23-9-6-10-24-22(23)16-27-30(24)21-13-11-19(12-14-21)26(2,3)4/h5,7-8,11-16,23H,6,9-10H2,1-4H3,(H,28,31)(H,29,32)/t23-/m1/s1. The van der Waals surface area contributed by atoms with Crippen molar-refractivity contribution in [2.75, 3.05) is 5.32 Å². The van der Waals surface area contributed by atoms with Crippen molar-refractivity contribution in [2.24, 2.45) is 0 Å². The summed E-state index contributed by atoms with van der Waals surface area (Å²) >= 11 is 0. The summed E-state index contributed by atoms with van der Waals surface area (Å²) in [5.74, 6) is -0.320. The molecule has 1 heterocycles. The maximum absolute atomic E-state index is 12.9. The molecule has 1 atom stereocenters. The first-order chi connectivity index (χ1) is 15.2. The molecule has 3 aromatic rings. The highest BCUT2D eigenvalue weighted by molar-refractivity contribution is 5.97. The molecular formula is C26H30N4O2. The lowest BCUT2D eigenvalue weighted by Gasteiger charge is -2.24. The van der Waals surface area contributed by atoms with Crippen LogP contribution in [0.4, 0.5) is 5.69 Å². The van der Waals surface area contributed by atoms with E-state index in [-0.39, 0.29) is 23.3 Å². The second-order valence-corrected chi connectivity index (χ2v) is 9.44. The van der Waals surface area contributed by atoms with E-state index in [1.165, 1.54) is 12.5 Å². The first-order valence-electron chi connectivity index (χ1n) is 11.1. The highest BCUT2D eigenvalue weighted by atomic mass is 16.2. The van der Waals surface area contributed by atoms with Gasteiger partial charge in [0.1, 0.15) is 0 Å². The summed E-state index contributed by atoms with van der Waals surface area (Å²) in [6, 6.07) is 15.5. The number of nitrogens with one attached hydrogen (secondary N) is 2. The number of carbonyl (C=O) groups excluding carboxylic acids is 2. The Morgan fingerprint density at radius 2 is 1.84 bits per heavy atom. The molecular weight excluding hydrogens is 400 g/mol. The van der Waals surface area contributed by atoms with Crippen molar-refractivity contribution in [3.8, 4) is 5.69 Å². The Balaban J connectivity index is 1.54. The van der Waals surface area contributed by atoms with Crippen LogP contribution in [0.1, 0.15) is 73.8 Å². The van der Waals surface area contributed by atoms with E-state index in [2.05, 4.69) is 60.8 Å². The Labute approximate surface area is 189 Å². The fraction of sp³-hybridized carbons (Fsp3) is 0.346. The molecule has 0 bridgehead atoms. The maximum Gasteiger partial charge on any atom is 0.251 e. The maximum atomic E-state index is 12.9. The molecule has 166 valence electrons. The first kappa shape index (κ1) is 21.8. The van der Waals surface area contributed by atoms with E-state index in [4.69, 9.17) is 0 Å². The number of hydrogen-bond donors (Lipinski definition) is 2. The molecule has 6 nitrogen and oxygen atoms in total. The molecule has 4 rings (SSSR count). The Morgan fingerprint density at radius 1 is 1.09 bits per heavy atom. The van der Waals surface area contributed by atoms with Crippen LogP contribution in [0.3, 0.4) is 0 Å². The van der Waals surface area contributed by atoms with Gasteiger partial charge >= 0.3 is 0 Å². The Hall–Kier alpha value is -3.41. The minimum absolute atomic E-state index is 0.0849. The van der Waals surface area contributed by atoms with E-state index in [1.54, 1.807) is 24.3 Å². The molecule has 0 spiro atoms. The fourth-order valence-electron chi connectivity index (χ4n) is 4.21. The third-order valence-corrected chi connectivity index (χ3v) is 5.91. The molecule has 0 aliphatic heterocycles. The lowest BCUT2D eigenvalue weighted by molar-refractivity contribution is -0.114. The quantitative estimate of drug-likeness (QED) is 0.616. The number of aromatic nitrogens is 2. The van der Waals surface area contributed by atoms with Crippen LogP contribution in [0, 0.1) is 0 Å². The van der Waals surface area contributed by atoms with Crippen LogP contribution in [-0.4, -0.2) is 21.6 Å². The summed E-state index contributed by atoms with van der Waals surface area (Å²) in [6.45, 7) is 8.06. The van der Waals surface area contributed by atoms with Crippen LogP contribution in [0.2, 0.25) is 0 Å². The van der Waals surface area contributed by atoms with Crippen LogP contribution in [0.25, 0.3) is 5.69 Å². The van der Waals surface area contributed by atoms with Gasteiger partial charge in [-0.1, -0.05) is 39.0 Å². The summed E-state index contributed by atoms with van der Waals surface area (Å²) in [6.07, 6.45) is 4.67. The van der Waals surface area contributed by atoms with Crippen molar-refractivity contribution in [3.05, 3.63) is 77.1 Å². The van der Waals surface area contributed by atoms with Crippen LogP contribution in [-0.2, 0) is 16.6 Å². The second-order valence-electron chi connectivity index (χ2n) is 9.44. The van der Waals surface area contributed by atoms with Crippen molar-refractivity contribution in [1.82, 2.24) is 15.1 Å². The van der Waals surface area contributed by atoms with Crippen molar-refractivity contribution in [1.29, 1.82) is 0 Å². The molecule has 0 saturated carbocycles. The van der Waals surface area contributed by atoms with E-state index in [1.807, 2.05) is 10.9 Å². The number of anilines is 1. The fourth-order valence-corrected chi connectivity index (χ4v) is 4.21. The van der Waals surface area contributed by atoms with Crippen LogP contribution in [0.15, 0.2) is 54.7 Å². The Morgan fingerprint density at radius 3 is 2.53 bits per heavy atom. The number of rotatable bonds is 4. The molecule has 0 unspecified atom stereocenters. The van der Waals surface area contributed by atoms with Gasteiger partial charge in [0.05, 0.1) is 17.9 Å². The number of benzene rings is 2. The minimum atomic E-state index is -0.164. The number of nitrogens with zero attached hydrogens (tertiary/aromatic N) is 2. The Kier molecular flexibility index (Phi) is 5.87. The molecule has 2 aromatic carbocycles. The van der Waals surface area contributed by atoms with E-state index < -0.39 is 0 Å². The largest absolute Gasteiger partial charge is 0.345 e.